The van der Waals surface area contributed by atoms with Crippen LogP contribution in [0.1, 0.15) is 0 Å². The summed E-state index contributed by atoms with van der Waals surface area (Å²) in [5.74, 6) is 0. The molecule has 0 saturated carbocycles. The largest absolute Gasteiger partial charge is 0.339 e. The molecular formula is C22H18NP. The summed E-state index contributed by atoms with van der Waals surface area (Å²) in [5.41, 5.74) is 6.45. The molecule has 4 aromatic rings. The highest BCUT2D eigenvalue weighted by atomic mass is 31.0. The molecule has 1 heterocycles. The number of nitrogens with zero attached hydrogens (tertiary/aromatic N) is 1. The molecule has 0 spiro atoms. The van der Waals surface area contributed by atoms with Gasteiger partial charge < -0.3 is 4.57 Å². The molecule has 0 aliphatic carbocycles. The van der Waals surface area contributed by atoms with Gasteiger partial charge in [-0.3, -0.25) is 0 Å². The Hall–Kier alpha value is -2.63. The molecule has 3 aromatic carbocycles. The maximum absolute atomic E-state index is 2.34. The van der Waals surface area contributed by atoms with Crippen molar-refractivity contribution < 1.29 is 0 Å². The highest BCUT2D eigenvalue weighted by Gasteiger charge is 2.17. The van der Waals surface area contributed by atoms with E-state index in [-0.39, 0.29) is 0 Å². The fourth-order valence-corrected chi connectivity index (χ4v) is 4.47. The molecule has 0 saturated heterocycles. The maximum Gasteiger partial charge on any atom is 0.0764 e. The van der Waals surface area contributed by atoms with Crippen molar-refractivity contribution in [2.75, 3.05) is 0 Å². The van der Waals surface area contributed by atoms with Crippen LogP contribution >= 0.6 is 8.19 Å². The van der Waals surface area contributed by atoms with Crippen LogP contribution in [0.15, 0.2) is 91.0 Å². The first kappa shape index (κ1) is 14.9. The zero-order valence-electron chi connectivity index (χ0n) is 13.6. The van der Waals surface area contributed by atoms with Gasteiger partial charge in [0.2, 0.25) is 0 Å². The van der Waals surface area contributed by atoms with E-state index in [1.54, 1.807) is 0 Å². The summed E-state index contributed by atoms with van der Waals surface area (Å²) in [6.45, 7) is 0. The van der Waals surface area contributed by atoms with Crippen LogP contribution in [-0.2, 0) is 7.05 Å². The molecule has 1 aromatic heterocycles. The third kappa shape index (κ3) is 2.68. The third-order valence-corrected chi connectivity index (χ3v) is 5.69. The number of aromatic nitrogens is 1. The quantitative estimate of drug-likeness (QED) is 0.399. The topological polar surface area (TPSA) is 4.93 Å². The lowest BCUT2D eigenvalue weighted by molar-refractivity contribution is 0.952. The molecule has 24 heavy (non-hydrogen) atoms. The van der Waals surface area contributed by atoms with Crippen LogP contribution in [0.4, 0.5) is 0 Å². The standard InChI is InChI=1S/C22H18NP/c1-23-20(17-11-5-2-6-12-17)21(18-13-7-3-8-14-18)24-22(23)19-15-9-4-10-16-19/h2-16H,1H3. The minimum absolute atomic E-state index is 1.25. The van der Waals surface area contributed by atoms with Gasteiger partial charge in [0.05, 0.1) is 11.1 Å². The minimum Gasteiger partial charge on any atom is -0.339 e. The first-order valence-electron chi connectivity index (χ1n) is 8.07. The second-order valence-corrected chi connectivity index (χ2v) is 6.88. The maximum atomic E-state index is 2.34. The van der Waals surface area contributed by atoms with Gasteiger partial charge in [-0.2, -0.15) is 0 Å². The van der Waals surface area contributed by atoms with E-state index in [4.69, 9.17) is 0 Å². The molecule has 0 aliphatic rings. The smallest absolute Gasteiger partial charge is 0.0764 e. The highest BCUT2D eigenvalue weighted by molar-refractivity contribution is 7.38. The average Bonchev–Trinajstić information content (AvgIpc) is 3.01. The number of rotatable bonds is 3. The SMILES string of the molecule is Cn1c(-c2ccccc2)pc(-c2ccccc2)c1-c1ccccc1. The monoisotopic (exact) mass is 327 g/mol. The van der Waals surface area contributed by atoms with E-state index < -0.39 is 0 Å². The summed E-state index contributed by atoms with van der Waals surface area (Å²) < 4.78 is 2.34. The second-order valence-electron chi connectivity index (χ2n) is 5.79. The van der Waals surface area contributed by atoms with Gasteiger partial charge in [-0.15, -0.1) is 0 Å². The average molecular weight is 327 g/mol. The van der Waals surface area contributed by atoms with E-state index in [9.17, 15) is 0 Å². The van der Waals surface area contributed by atoms with Crippen molar-refractivity contribution in [2.24, 2.45) is 7.05 Å². The molecule has 0 fully saturated rings. The van der Waals surface area contributed by atoms with Crippen molar-refractivity contribution in [3.8, 4) is 33.1 Å². The molecule has 116 valence electrons. The first-order chi connectivity index (χ1) is 11.8. The van der Waals surface area contributed by atoms with Crippen molar-refractivity contribution >= 4 is 8.19 Å². The number of hydrogen-bond donors (Lipinski definition) is 0. The summed E-state index contributed by atoms with van der Waals surface area (Å²) in [6, 6.07) is 32.0. The Bertz CT molecular complexity index is 941. The van der Waals surface area contributed by atoms with E-state index in [1.165, 1.54) is 41.3 Å². The van der Waals surface area contributed by atoms with Gasteiger partial charge in [-0.25, -0.2) is 0 Å². The predicted molar refractivity (Wildman–Crippen MR) is 104 cm³/mol. The molecule has 0 atom stereocenters. The van der Waals surface area contributed by atoms with E-state index in [2.05, 4.69) is 103 Å². The lowest BCUT2D eigenvalue weighted by Gasteiger charge is -2.09. The molecular weight excluding hydrogens is 309 g/mol. The third-order valence-electron chi connectivity index (χ3n) is 4.22. The van der Waals surface area contributed by atoms with Gasteiger partial charge in [0.25, 0.3) is 0 Å². The van der Waals surface area contributed by atoms with Gasteiger partial charge >= 0.3 is 0 Å². The van der Waals surface area contributed by atoms with Crippen molar-refractivity contribution in [3.63, 3.8) is 0 Å². The molecule has 2 heteroatoms. The Kier molecular flexibility index (Phi) is 4.02. The summed E-state index contributed by atoms with van der Waals surface area (Å²) in [6.07, 6.45) is 0. The van der Waals surface area contributed by atoms with Gasteiger partial charge in [0.1, 0.15) is 0 Å². The Morgan fingerprint density at radius 3 is 1.58 bits per heavy atom. The van der Waals surface area contributed by atoms with Crippen LogP contribution in [-0.4, -0.2) is 4.57 Å². The fraction of sp³-hybridized carbons (Fsp3) is 0.0455. The lowest BCUT2D eigenvalue weighted by atomic mass is 10.1. The van der Waals surface area contributed by atoms with Gasteiger partial charge in [0.15, 0.2) is 0 Å². The molecule has 4 rings (SSSR count). The second kappa shape index (κ2) is 6.47. The minimum atomic E-state index is 1.25. The van der Waals surface area contributed by atoms with Crippen LogP contribution < -0.4 is 0 Å². The molecule has 0 bridgehead atoms. The first-order valence-corrected chi connectivity index (χ1v) is 8.97. The van der Waals surface area contributed by atoms with Crippen LogP contribution in [0.5, 0.6) is 0 Å². The van der Waals surface area contributed by atoms with Crippen LogP contribution in [0, 0.1) is 0 Å². The number of benzene rings is 3. The molecule has 0 unspecified atom stereocenters. The molecule has 0 amide bonds. The zero-order chi connectivity index (χ0) is 16.4. The Morgan fingerprint density at radius 2 is 1.04 bits per heavy atom. The van der Waals surface area contributed by atoms with Crippen molar-refractivity contribution in [1.82, 2.24) is 4.57 Å². The Labute approximate surface area is 144 Å². The van der Waals surface area contributed by atoms with E-state index in [1.807, 2.05) is 0 Å². The predicted octanol–water partition coefficient (Wildman–Crippen LogP) is 6.61. The van der Waals surface area contributed by atoms with Crippen molar-refractivity contribution in [3.05, 3.63) is 91.0 Å². The molecule has 1 nitrogen and oxygen atoms in total. The molecule has 0 aliphatic heterocycles. The van der Waals surface area contributed by atoms with Gasteiger partial charge in [-0.05, 0) is 19.3 Å². The van der Waals surface area contributed by atoms with E-state index in [0.717, 1.165) is 0 Å². The van der Waals surface area contributed by atoms with E-state index in [0.29, 0.717) is 0 Å². The fourth-order valence-electron chi connectivity index (χ4n) is 3.07. The normalized spacial score (nSPS) is 11.0. The van der Waals surface area contributed by atoms with Crippen LogP contribution in [0.2, 0.25) is 0 Å². The van der Waals surface area contributed by atoms with E-state index >= 15 is 0 Å². The summed E-state index contributed by atoms with van der Waals surface area (Å²) in [5, 5.41) is 1.36. The molecule has 0 radical (unpaired) electrons. The van der Waals surface area contributed by atoms with Crippen molar-refractivity contribution in [2.45, 2.75) is 0 Å². The van der Waals surface area contributed by atoms with Crippen LogP contribution in [0.25, 0.3) is 33.1 Å². The summed E-state index contributed by atoms with van der Waals surface area (Å²) >= 11 is 0. The highest BCUT2D eigenvalue weighted by Crippen LogP contribution is 2.45. The number of hydrogen-bond acceptors (Lipinski definition) is 0. The Balaban J connectivity index is 1.99. The van der Waals surface area contributed by atoms with Crippen molar-refractivity contribution in [1.29, 1.82) is 0 Å². The van der Waals surface area contributed by atoms with Gasteiger partial charge in [-0.1, -0.05) is 91.0 Å². The Morgan fingerprint density at radius 1 is 0.583 bits per heavy atom. The molecule has 0 N–H and O–H groups in total. The summed E-state index contributed by atoms with van der Waals surface area (Å²) in [4.78, 5) is 0. The van der Waals surface area contributed by atoms with Gasteiger partial charge in [0, 0.05) is 17.9 Å². The zero-order valence-corrected chi connectivity index (χ0v) is 14.4. The summed E-state index contributed by atoms with van der Waals surface area (Å²) in [7, 11) is 3.43. The lowest BCUT2D eigenvalue weighted by Crippen LogP contribution is -1.95. The van der Waals surface area contributed by atoms with Crippen LogP contribution in [0.3, 0.4) is 0 Å².